The molecular formula is C7H6FN5. The lowest BCUT2D eigenvalue weighted by atomic mass is 10.2. The van der Waals surface area contributed by atoms with Crippen LogP contribution in [0, 0.1) is 5.82 Å². The second-order valence-corrected chi connectivity index (χ2v) is 2.43. The van der Waals surface area contributed by atoms with Crippen LogP contribution in [0.3, 0.4) is 0 Å². The van der Waals surface area contributed by atoms with Crippen LogP contribution in [0.2, 0.25) is 0 Å². The third kappa shape index (κ3) is 1.22. The molecule has 1 aromatic heterocycles. The van der Waals surface area contributed by atoms with Crippen molar-refractivity contribution < 1.29 is 4.39 Å². The lowest BCUT2D eigenvalue weighted by Crippen LogP contribution is -2.03. The minimum Gasteiger partial charge on any atom is -0.397 e. The maximum Gasteiger partial charge on any atom is 0.151 e. The summed E-state index contributed by atoms with van der Waals surface area (Å²) in [5.41, 5.74) is 6.03. The molecule has 0 saturated heterocycles. The van der Waals surface area contributed by atoms with Crippen LogP contribution in [0.5, 0.6) is 0 Å². The van der Waals surface area contributed by atoms with Gasteiger partial charge in [0.1, 0.15) is 12.0 Å². The number of nitrogens with zero attached hydrogens (tertiary/aromatic N) is 4. The first-order valence-electron chi connectivity index (χ1n) is 3.56. The third-order valence-electron chi connectivity index (χ3n) is 1.60. The molecule has 0 unspecified atom stereocenters. The number of nitrogen functional groups attached to an aromatic ring is 1. The smallest absolute Gasteiger partial charge is 0.151 e. The van der Waals surface area contributed by atoms with Gasteiger partial charge in [-0.2, -0.15) is 4.68 Å². The van der Waals surface area contributed by atoms with Gasteiger partial charge in [0.15, 0.2) is 5.82 Å². The maximum atomic E-state index is 13.2. The molecular weight excluding hydrogens is 173 g/mol. The van der Waals surface area contributed by atoms with Gasteiger partial charge in [0, 0.05) is 0 Å². The molecule has 66 valence electrons. The molecule has 1 aromatic carbocycles. The van der Waals surface area contributed by atoms with Crippen LogP contribution in [0.4, 0.5) is 10.1 Å². The van der Waals surface area contributed by atoms with E-state index in [0.29, 0.717) is 5.69 Å². The summed E-state index contributed by atoms with van der Waals surface area (Å²) in [4.78, 5) is 0. The molecule has 2 rings (SSSR count). The summed E-state index contributed by atoms with van der Waals surface area (Å²) < 4.78 is 14.4. The fourth-order valence-electron chi connectivity index (χ4n) is 1.04. The van der Waals surface area contributed by atoms with Crippen LogP contribution in [0.1, 0.15) is 0 Å². The largest absolute Gasteiger partial charge is 0.397 e. The number of nitrogens with two attached hydrogens (primary N) is 1. The monoisotopic (exact) mass is 179 g/mol. The quantitative estimate of drug-likeness (QED) is 0.642. The van der Waals surface area contributed by atoms with Crippen molar-refractivity contribution in [2.75, 3.05) is 5.73 Å². The van der Waals surface area contributed by atoms with Crippen LogP contribution >= 0.6 is 0 Å². The number of benzene rings is 1. The van der Waals surface area contributed by atoms with Crippen molar-refractivity contribution in [1.29, 1.82) is 0 Å². The van der Waals surface area contributed by atoms with E-state index in [0.717, 1.165) is 0 Å². The Morgan fingerprint density at radius 3 is 2.85 bits per heavy atom. The number of hydrogen-bond acceptors (Lipinski definition) is 4. The Kier molecular flexibility index (Phi) is 1.66. The van der Waals surface area contributed by atoms with Crippen molar-refractivity contribution in [3.8, 4) is 5.69 Å². The summed E-state index contributed by atoms with van der Waals surface area (Å²) in [6.07, 6.45) is 1.29. The van der Waals surface area contributed by atoms with E-state index < -0.39 is 5.82 Å². The molecule has 0 radical (unpaired) electrons. The van der Waals surface area contributed by atoms with Gasteiger partial charge in [-0.25, -0.2) is 4.39 Å². The van der Waals surface area contributed by atoms with Gasteiger partial charge in [0.2, 0.25) is 0 Å². The fraction of sp³-hybridized carbons (Fsp3) is 0. The van der Waals surface area contributed by atoms with Gasteiger partial charge in [-0.15, -0.1) is 5.10 Å². The van der Waals surface area contributed by atoms with Gasteiger partial charge in [-0.1, -0.05) is 6.07 Å². The van der Waals surface area contributed by atoms with Crippen LogP contribution in [0.15, 0.2) is 24.5 Å². The average molecular weight is 179 g/mol. The first kappa shape index (κ1) is 7.66. The zero-order valence-corrected chi connectivity index (χ0v) is 6.55. The first-order valence-corrected chi connectivity index (χ1v) is 3.56. The van der Waals surface area contributed by atoms with E-state index in [-0.39, 0.29) is 5.69 Å². The summed E-state index contributed by atoms with van der Waals surface area (Å²) in [6.45, 7) is 0. The predicted octanol–water partition coefficient (Wildman–Crippen LogP) is 0.384. The summed E-state index contributed by atoms with van der Waals surface area (Å²) in [5, 5.41) is 10.3. The van der Waals surface area contributed by atoms with Crippen LogP contribution < -0.4 is 5.73 Å². The Balaban J connectivity index is 2.64. The van der Waals surface area contributed by atoms with Crippen molar-refractivity contribution in [1.82, 2.24) is 20.2 Å². The minimum atomic E-state index is -0.452. The molecule has 6 heteroatoms. The fourth-order valence-corrected chi connectivity index (χ4v) is 1.04. The highest BCUT2D eigenvalue weighted by Crippen LogP contribution is 2.18. The van der Waals surface area contributed by atoms with Crippen LogP contribution in [-0.2, 0) is 0 Å². The van der Waals surface area contributed by atoms with Crippen molar-refractivity contribution in [2.24, 2.45) is 0 Å². The van der Waals surface area contributed by atoms with E-state index in [4.69, 9.17) is 5.73 Å². The molecule has 5 nitrogen and oxygen atoms in total. The molecule has 2 N–H and O–H groups in total. The Bertz CT molecular complexity index is 391. The number of anilines is 1. The first-order chi connectivity index (χ1) is 6.29. The standard InChI is InChI=1S/C7H6FN5/c8-5-2-1-3-6(9)7(5)13-4-10-11-12-13/h1-4H,9H2. The van der Waals surface area contributed by atoms with Gasteiger partial charge in [0.05, 0.1) is 5.69 Å². The second-order valence-electron chi connectivity index (χ2n) is 2.43. The molecule has 0 bridgehead atoms. The van der Waals surface area contributed by atoms with Crippen molar-refractivity contribution >= 4 is 5.69 Å². The second kappa shape index (κ2) is 2.81. The normalized spacial score (nSPS) is 10.2. The van der Waals surface area contributed by atoms with Crippen molar-refractivity contribution in [2.45, 2.75) is 0 Å². The Morgan fingerprint density at radius 1 is 1.38 bits per heavy atom. The van der Waals surface area contributed by atoms with Crippen LogP contribution in [-0.4, -0.2) is 20.2 Å². The highest BCUT2D eigenvalue weighted by Gasteiger charge is 2.08. The number of para-hydroxylation sites is 1. The summed E-state index contributed by atoms with van der Waals surface area (Å²) in [5.74, 6) is -0.452. The Morgan fingerprint density at radius 2 is 2.23 bits per heavy atom. The van der Waals surface area contributed by atoms with Crippen LogP contribution in [0.25, 0.3) is 5.69 Å². The summed E-state index contributed by atoms with van der Waals surface area (Å²) in [7, 11) is 0. The zero-order chi connectivity index (χ0) is 9.26. The van der Waals surface area contributed by atoms with E-state index in [1.165, 1.54) is 23.1 Å². The molecule has 0 saturated carbocycles. The average Bonchev–Trinajstić information content (AvgIpc) is 2.57. The topological polar surface area (TPSA) is 69.6 Å². The zero-order valence-electron chi connectivity index (χ0n) is 6.55. The van der Waals surface area contributed by atoms with Gasteiger partial charge < -0.3 is 5.73 Å². The van der Waals surface area contributed by atoms with Crippen molar-refractivity contribution in [3.05, 3.63) is 30.3 Å². The van der Waals surface area contributed by atoms with Crippen molar-refractivity contribution in [3.63, 3.8) is 0 Å². The number of tetrazole rings is 1. The minimum absolute atomic E-state index is 0.174. The number of halogens is 1. The molecule has 0 aliphatic heterocycles. The van der Waals surface area contributed by atoms with Gasteiger partial charge >= 0.3 is 0 Å². The lowest BCUT2D eigenvalue weighted by molar-refractivity contribution is 0.608. The van der Waals surface area contributed by atoms with E-state index in [1.807, 2.05) is 0 Å². The van der Waals surface area contributed by atoms with Gasteiger partial charge in [-0.3, -0.25) is 0 Å². The number of rotatable bonds is 1. The third-order valence-corrected chi connectivity index (χ3v) is 1.60. The molecule has 0 amide bonds. The molecule has 0 fully saturated rings. The Labute approximate surface area is 73.0 Å². The molecule has 0 aliphatic carbocycles. The predicted molar refractivity (Wildman–Crippen MR) is 43.5 cm³/mol. The molecule has 0 atom stereocenters. The van der Waals surface area contributed by atoms with E-state index >= 15 is 0 Å². The van der Waals surface area contributed by atoms with E-state index in [1.54, 1.807) is 6.07 Å². The van der Waals surface area contributed by atoms with E-state index in [9.17, 15) is 4.39 Å². The summed E-state index contributed by atoms with van der Waals surface area (Å²) in [6, 6.07) is 4.41. The van der Waals surface area contributed by atoms with Gasteiger partial charge in [0.25, 0.3) is 0 Å². The van der Waals surface area contributed by atoms with E-state index in [2.05, 4.69) is 15.5 Å². The Hall–Kier alpha value is -1.98. The molecule has 0 aliphatic rings. The molecule has 1 heterocycles. The molecule has 13 heavy (non-hydrogen) atoms. The van der Waals surface area contributed by atoms with Gasteiger partial charge in [-0.05, 0) is 22.6 Å². The number of aromatic nitrogens is 4. The SMILES string of the molecule is Nc1cccc(F)c1-n1cnnn1. The molecule has 0 spiro atoms. The summed E-state index contributed by atoms with van der Waals surface area (Å²) >= 11 is 0. The number of hydrogen-bond donors (Lipinski definition) is 1. The lowest BCUT2D eigenvalue weighted by Gasteiger charge is -2.03. The molecule has 2 aromatic rings. The highest BCUT2D eigenvalue weighted by atomic mass is 19.1. The maximum absolute atomic E-state index is 13.2. The highest BCUT2D eigenvalue weighted by molar-refractivity contribution is 5.57.